The maximum absolute atomic E-state index is 13.1. The molecule has 0 saturated carbocycles. The molecule has 2 unspecified atom stereocenters. The fourth-order valence-corrected chi connectivity index (χ4v) is 1.98. The molecule has 1 aliphatic rings. The molecule has 1 aromatic rings. The van der Waals surface area contributed by atoms with Crippen LogP contribution in [0.5, 0.6) is 0 Å². The highest BCUT2D eigenvalue weighted by Crippen LogP contribution is 2.34. The van der Waals surface area contributed by atoms with Crippen LogP contribution in [0.2, 0.25) is 0 Å². The molecule has 0 bridgehead atoms. The standard InChI is InChI=1S/C12H10F3NO/c13-9-4-8(5-10(14)11(9)15)12-7(6-16)2-1-3-17-12/h4-5,7,12H,1-3H2. The number of hydrogen-bond donors (Lipinski definition) is 0. The molecule has 2 rings (SSSR count). The Labute approximate surface area is 96.6 Å². The Morgan fingerprint density at radius 3 is 2.47 bits per heavy atom. The third-order valence-corrected chi connectivity index (χ3v) is 2.82. The predicted octanol–water partition coefficient (Wildman–Crippen LogP) is 3.10. The molecular formula is C12H10F3NO. The lowest BCUT2D eigenvalue weighted by molar-refractivity contribution is -0.0105. The number of nitriles is 1. The van der Waals surface area contributed by atoms with Crippen molar-refractivity contribution in [1.29, 1.82) is 5.26 Å². The van der Waals surface area contributed by atoms with Crippen LogP contribution in [-0.2, 0) is 4.74 Å². The number of benzene rings is 1. The van der Waals surface area contributed by atoms with Crippen LogP contribution in [0.4, 0.5) is 13.2 Å². The van der Waals surface area contributed by atoms with Crippen molar-refractivity contribution in [1.82, 2.24) is 0 Å². The van der Waals surface area contributed by atoms with Crippen LogP contribution in [0.15, 0.2) is 12.1 Å². The van der Waals surface area contributed by atoms with Gasteiger partial charge in [0.05, 0.1) is 18.1 Å². The molecule has 1 aromatic carbocycles. The highest BCUT2D eigenvalue weighted by molar-refractivity contribution is 5.24. The summed E-state index contributed by atoms with van der Waals surface area (Å²) in [6, 6.07) is 3.82. The van der Waals surface area contributed by atoms with E-state index in [1.807, 2.05) is 6.07 Å². The topological polar surface area (TPSA) is 33.0 Å². The van der Waals surface area contributed by atoms with E-state index in [-0.39, 0.29) is 5.56 Å². The summed E-state index contributed by atoms with van der Waals surface area (Å²) in [5.74, 6) is -4.47. The first kappa shape index (κ1) is 11.9. The molecular weight excluding hydrogens is 231 g/mol. The van der Waals surface area contributed by atoms with E-state index in [4.69, 9.17) is 10.00 Å². The maximum Gasteiger partial charge on any atom is 0.194 e. The van der Waals surface area contributed by atoms with E-state index >= 15 is 0 Å². The molecule has 2 atom stereocenters. The summed E-state index contributed by atoms with van der Waals surface area (Å²) in [4.78, 5) is 0. The molecule has 1 fully saturated rings. The van der Waals surface area contributed by atoms with E-state index in [1.54, 1.807) is 0 Å². The largest absolute Gasteiger partial charge is 0.372 e. The number of ether oxygens (including phenoxy) is 1. The van der Waals surface area contributed by atoms with Crippen molar-refractivity contribution in [2.24, 2.45) is 5.92 Å². The normalized spacial score (nSPS) is 24.4. The minimum absolute atomic E-state index is 0.174. The zero-order chi connectivity index (χ0) is 12.4. The second-order valence-corrected chi connectivity index (χ2v) is 3.97. The van der Waals surface area contributed by atoms with Gasteiger partial charge in [0.2, 0.25) is 0 Å². The molecule has 1 aliphatic heterocycles. The van der Waals surface area contributed by atoms with Crippen LogP contribution in [-0.4, -0.2) is 6.61 Å². The molecule has 0 aliphatic carbocycles. The third kappa shape index (κ3) is 2.27. The van der Waals surface area contributed by atoms with Gasteiger partial charge in [-0.2, -0.15) is 5.26 Å². The first-order chi connectivity index (χ1) is 8.13. The molecule has 1 heterocycles. The molecule has 0 amide bonds. The van der Waals surface area contributed by atoms with Gasteiger partial charge in [-0.15, -0.1) is 0 Å². The van der Waals surface area contributed by atoms with E-state index in [9.17, 15) is 13.2 Å². The minimum atomic E-state index is -1.50. The van der Waals surface area contributed by atoms with Crippen molar-refractivity contribution in [3.05, 3.63) is 35.1 Å². The molecule has 0 radical (unpaired) electrons. The summed E-state index contributed by atoms with van der Waals surface area (Å²) in [5.41, 5.74) is 0.174. The summed E-state index contributed by atoms with van der Waals surface area (Å²) >= 11 is 0. The zero-order valence-electron chi connectivity index (χ0n) is 8.92. The molecule has 5 heteroatoms. The fraction of sp³-hybridized carbons (Fsp3) is 0.417. The molecule has 0 N–H and O–H groups in total. The van der Waals surface area contributed by atoms with Crippen LogP contribution in [0.3, 0.4) is 0 Å². The molecule has 90 valence electrons. The Kier molecular flexibility index (Phi) is 3.34. The van der Waals surface area contributed by atoms with Gasteiger partial charge >= 0.3 is 0 Å². The number of nitrogens with zero attached hydrogens (tertiary/aromatic N) is 1. The Morgan fingerprint density at radius 2 is 1.88 bits per heavy atom. The first-order valence-electron chi connectivity index (χ1n) is 5.29. The number of rotatable bonds is 1. The monoisotopic (exact) mass is 241 g/mol. The van der Waals surface area contributed by atoms with Gasteiger partial charge in [-0.1, -0.05) is 0 Å². The first-order valence-corrected chi connectivity index (χ1v) is 5.29. The summed E-state index contributed by atoms with van der Waals surface area (Å²) in [6.45, 7) is 0.434. The fourth-order valence-electron chi connectivity index (χ4n) is 1.98. The number of hydrogen-bond acceptors (Lipinski definition) is 2. The van der Waals surface area contributed by atoms with Gasteiger partial charge in [0.15, 0.2) is 17.5 Å². The van der Waals surface area contributed by atoms with E-state index in [0.29, 0.717) is 13.0 Å². The van der Waals surface area contributed by atoms with Gasteiger partial charge < -0.3 is 4.74 Å². The van der Waals surface area contributed by atoms with Crippen LogP contribution in [0.25, 0.3) is 0 Å². The Morgan fingerprint density at radius 1 is 1.24 bits per heavy atom. The second kappa shape index (κ2) is 4.76. The lowest BCUT2D eigenvalue weighted by atomic mass is 9.90. The second-order valence-electron chi connectivity index (χ2n) is 3.97. The quantitative estimate of drug-likeness (QED) is 0.708. The van der Waals surface area contributed by atoms with Crippen LogP contribution in [0.1, 0.15) is 24.5 Å². The van der Waals surface area contributed by atoms with E-state index < -0.39 is 29.5 Å². The molecule has 1 saturated heterocycles. The third-order valence-electron chi connectivity index (χ3n) is 2.82. The SMILES string of the molecule is N#CC1CCCOC1c1cc(F)c(F)c(F)c1. The van der Waals surface area contributed by atoms with Crippen LogP contribution >= 0.6 is 0 Å². The molecule has 0 spiro atoms. The highest BCUT2D eigenvalue weighted by atomic mass is 19.2. The van der Waals surface area contributed by atoms with E-state index in [1.165, 1.54) is 0 Å². The van der Waals surface area contributed by atoms with Crippen molar-refractivity contribution in [3.63, 3.8) is 0 Å². The number of halogens is 3. The summed E-state index contributed by atoms with van der Waals surface area (Å²) in [7, 11) is 0. The summed E-state index contributed by atoms with van der Waals surface area (Å²) < 4.78 is 44.3. The minimum Gasteiger partial charge on any atom is -0.372 e. The van der Waals surface area contributed by atoms with Gasteiger partial charge in [0, 0.05) is 6.61 Å². The van der Waals surface area contributed by atoms with E-state index in [0.717, 1.165) is 18.6 Å². The lowest BCUT2D eigenvalue weighted by Gasteiger charge is -2.27. The van der Waals surface area contributed by atoms with Gasteiger partial charge in [-0.25, -0.2) is 13.2 Å². The van der Waals surface area contributed by atoms with Gasteiger partial charge in [-0.3, -0.25) is 0 Å². The van der Waals surface area contributed by atoms with Crippen molar-refractivity contribution >= 4 is 0 Å². The average Bonchev–Trinajstić information content (AvgIpc) is 2.35. The van der Waals surface area contributed by atoms with Crippen LogP contribution in [0, 0.1) is 34.7 Å². The van der Waals surface area contributed by atoms with Crippen molar-refractivity contribution < 1.29 is 17.9 Å². The van der Waals surface area contributed by atoms with Gasteiger partial charge in [0.25, 0.3) is 0 Å². The highest BCUT2D eigenvalue weighted by Gasteiger charge is 2.29. The lowest BCUT2D eigenvalue weighted by Crippen LogP contribution is -2.21. The molecule has 2 nitrogen and oxygen atoms in total. The molecule has 17 heavy (non-hydrogen) atoms. The van der Waals surface area contributed by atoms with Crippen LogP contribution < -0.4 is 0 Å². The average molecular weight is 241 g/mol. The zero-order valence-corrected chi connectivity index (χ0v) is 8.92. The predicted molar refractivity (Wildman–Crippen MR) is 53.3 cm³/mol. The van der Waals surface area contributed by atoms with Crippen molar-refractivity contribution in [2.75, 3.05) is 6.61 Å². The summed E-state index contributed by atoms with van der Waals surface area (Å²) in [5, 5.41) is 8.92. The summed E-state index contributed by atoms with van der Waals surface area (Å²) in [6.07, 6.45) is 0.668. The van der Waals surface area contributed by atoms with Crippen molar-refractivity contribution in [3.8, 4) is 6.07 Å². The Balaban J connectivity index is 2.36. The Hall–Kier alpha value is -1.54. The maximum atomic E-state index is 13.1. The molecule has 0 aromatic heterocycles. The van der Waals surface area contributed by atoms with Gasteiger partial charge in [-0.05, 0) is 30.5 Å². The smallest absolute Gasteiger partial charge is 0.194 e. The van der Waals surface area contributed by atoms with Gasteiger partial charge in [0.1, 0.15) is 0 Å². The van der Waals surface area contributed by atoms with E-state index in [2.05, 4.69) is 0 Å². The Bertz CT molecular complexity index is 446. The van der Waals surface area contributed by atoms with Crippen molar-refractivity contribution in [2.45, 2.75) is 18.9 Å².